The van der Waals surface area contributed by atoms with Crippen LogP contribution < -0.4 is 10.5 Å². The highest BCUT2D eigenvalue weighted by Gasteiger charge is 2.02. The summed E-state index contributed by atoms with van der Waals surface area (Å²) in [5.41, 5.74) is 7.97. The van der Waals surface area contributed by atoms with E-state index in [-0.39, 0.29) is 0 Å². The Kier molecular flexibility index (Phi) is 13.9. The van der Waals surface area contributed by atoms with Crippen LogP contribution in [0.1, 0.15) is 96.8 Å². The first kappa shape index (κ1) is 25.9. The number of benzene rings is 2. The van der Waals surface area contributed by atoms with Crippen LogP contribution in [0, 0.1) is 0 Å². The van der Waals surface area contributed by atoms with Crippen LogP contribution in [0.2, 0.25) is 0 Å². The molecule has 0 saturated carbocycles. The summed E-state index contributed by atoms with van der Waals surface area (Å²) in [6.07, 6.45) is 19.1. The molecule has 0 fully saturated rings. The Morgan fingerprint density at radius 1 is 0.625 bits per heavy atom. The molecule has 0 aliphatic rings. The zero-order chi connectivity index (χ0) is 22.7. The minimum Gasteiger partial charge on any atom is -0.491 e. The quantitative estimate of drug-likeness (QED) is 0.143. The van der Waals surface area contributed by atoms with Crippen LogP contribution in [0.25, 0.3) is 0 Å². The predicted octanol–water partition coefficient (Wildman–Crippen LogP) is 9.54. The average Bonchev–Trinajstić information content (AvgIpc) is 2.82. The maximum Gasteiger partial charge on any atom is 0.146 e. The van der Waals surface area contributed by atoms with Gasteiger partial charge in [-0.05, 0) is 42.8 Å². The van der Waals surface area contributed by atoms with E-state index in [0.29, 0.717) is 0 Å². The lowest BCUT2D eigenvalue weighted by Crippen LogP contribution is -1.97. The van der Waals surface area contributed by atoms with Gasteiger partial charge in [0.25, 0.3) is 0 Å². The summed E-state index contributed by atoms with van der Waals surface area (Å²) in [5.74, 6) is 0.793. The SMILES string of the molecule is CCCCCCCCCCCCCCCCOc1ccccc1N=Nc1ccc(N)cc1. The number of nitrogens with two attached hydrogens (primary N) is 1. The van der Waals surface area contributed by atoms with Gasteiger partial charge in [0.05, 0.1) is 12.3 Å². The molecule has 2 aromatic carbocycles. The van der Waals surface area contributed by atoms with Crippen molar-refractivity contribution < 1.29 is 4.74 Å². The smallest absolute Gasteiger partial charge is 0.146 e. The number of azo groups is 1. The van der Waals surface area contributed by atoms with Crippen LogP contribution in [-0.4, -0.2) is 6.61 Å². The average molecular weight is 438 g/mol. The summed E-state index contributed by atoms with van der Waals surface area (Å²) >= 11 is 0. The van der Waals surface area contributed by atoms with Crippen LogP contribution >= 0.6 is 0 Å². The molecule has 0 radical (unpaired) electrons. The van der Waals surface area contributed by atoms with E-state index >= 15 is 0 Å². The first-order valence-electron chi connectivity index (χ1n) is 12.8. The molecule has 0 atom stereocenters. The number of para-hydroxylation sites is 1. The highest BCUT2D eigenvalue weighted by molar-refractivity contribution is 5.52. The number of anilines is 1. The number of unbranched alkanes of at least 4 members (excludes halogenated alkanes) is 13. The molecule has 0 saturated heterocycles. The first-order valence-corrected chi connectivity index (χ1v) is 12.8. The lowest BCUT2D eigenvalue weighted by atomic mass is 10.0. The second-order valence-electron chi connectivity index (χ2n) is 8.70. The second-order valence-corrected chi connectivity index (χ2v) is 8.70. The summed E-state index contributed by atoms with van der Waals surface area (Å²) in [5, 5.41) is 8.64. The molecular formula is C28H43N3O. The van der Waals surface area contributed by atoms with Crippen LogP contribution in [0.3, 0.4) is 0 Å². The van der Waals surface area contributed by atoms with Gasteiger partial charge in [-0.3, -0.25) is 0 Å². The van der Waals surface area contributed by atoms with Crippen molar-refractivity contribution in [1.82, 2.24) is 0 Å². The van der Waals surface area contributed by atoms with Crippen molar-refractivity contribution in [3.8, 4) is 5.75 Å². The first-order chi connectivity index (χ1) is 15.8. The Morgan fingerprint density at radius 3 is 1.75 bits per heavy atom. The summed E-state index contributed by atoms with van der Waals surface area (Å²) < 4.78 is 5.98. The zero-order valence-corrected chi connectivity index (χ0v) is 20.1. The number of rotatable bonds is 18. The van der Waals surface area contributed by atoms with Crippen molar-refractivity contribution in [2.24, 2.45) is 10.2 Å². The molecule has 2 aromatic rings. The summed E-state index contributed by atoms with van der Waals surface area (Å²) in [4.78, 5) is 0. The Balaban J connectivity index is 1.50. The van der Waals surface area contributed by atoms with Crippen LogP contribution in [0.15, 0.2) is 58.8 Å². The number of nitrogens with zero attached hydrogens (tertiary/aromatic N) is 2. The van der Waals surface area contributed by atoms with Crippen LogP contribution in [-0.2, 0) is 0 Å². The van der Waals surface area contributed by atoms with Gasteiger partial charge in [0.1, 0.15) is 11.4 Å². The maximum absolute atomic E-state index is 5.98. The topological polar surface area (TPSA) is 60.0 Å². The second kappa shape index (κ2) is 17.2. The summed E-state index contributed by atoms with van der Waals surface area (Å²) in [7, 11) is 0. The van der Waals surface area contributed by atoms with E-state index in [4.69, 9.17) is 10.5 Å². The van der Waals surface area contributed by atoms with E-state index in [1.165, 1.54) is 83.5 Å². The highest BCUT2D eigenvalue weighted by Crippen LogP contribution is 2.29. The molecule has 32 heavy (non-hydrogen) atoms. The molecule has 0 bridgehead atoms. The third kappa shape index (κ3) is 11.9. The van der Waals surface area contributed by atoms with E-state index < -0.39 is 0 Å². The third-order valence-electron chi connectivity index (χ3n) is 5.79. The lowest BCUT2D eigenvalue weighted by molar-refractivity contribution is 0.305. The number of hydrogen-bond donors (Lipinski definition) is 1. The molecule has 176 valence electrons. The normalized spacial score (nSPS) is 11.3. The Hall–Kier alpha value is -2.36. The monoisotopic (exact) mass is 437 g/mol. The summed E-state index contributed by atoms with van der Waals surface area (Å²) in [6.45, 7) is 3.01. The maximum atomic E-state index is 5.98. The van der Waals surface area contributed by atoms with E-state index in [1.807, 2.05) is 48.5 Å². The summed E-state index contributed by atoms with van der Waals surface area (Å²) in [6, 6.07) is 15.2. The standard InChI is InChI=1S/C28H43N3O/c1-2-3-4-5-6-7-8-9-10-11-12-13-14-17-24-32-28-19-16-15-18-27(28)31-30-26-22-20-25(29)21-23-26/h15-16,18-23H,2-14,17,24,29H2,1H3. The Bertz CT molecular complexity index is 743. The van der Waals surface area contributed by atoms with Gasteiger partial charge < -0.3 is 10.5 Å². The van der Waals surface area contributed by atoms with E-state index in [0.717, 1.165) is 35.8 Å². The number of hydrogen-bond acceptors (Lipinski definition) is 4. The van der Waals surface area contributed by atoms with Crippen molar-refractivity contribution in [2.75, 3.05) is 12.3 Å². The molecule has 0 aliphatic heterocycles. The molecule has 0 aromatic heterocycles. The van der Waals surface area contributed by atoms with E-state index in [1.54, 1.807) is 0 Å². The van der Waals surface area contributed by atoms with Crippen LogP contribution in [0.5, 0.6) is 5.75 Å². The van der Waals surface area contributed by atoms with Crippen molar-refractivity contribution in [2.45, 2.75) is 96.8 Å². The molecule has 0 aliphatic carbocycles. The largest absolute Gasteiger partial charge is 0.491 e. The lowest BCUT2D eigenvalue weighted by Gasteiger charge is -2.08. The van der Waals surface area contributed by atoms with Gasteiger partial charge >= 0.3 is 0 Å². The molecule has 4 nitrogen and oxygen atoms in total. The van der Waals surface area contributed by atoms with Gasteiger partial charge in [0, 0.05) is 5.69 Å². The molecule has 2 rings (SSSR count). The van der Waals surface area contributed by atoms with Gasteiger partial charge in [-0.1, -0.05) is 103 Å². The molecule has 0 amide bonds. The molecular weight excluding hydrogens is 394 g/mol. The van der Waals surface area contributed by atoms with Crippen molar-refractivity contribution in [3.05, 3.63) is 48.5 Å². The van der Waals surface area contributed by atoms with Gasteiger partial charge in [-0.25, -0.2) is 0 Å². The minimum atomic E-state index is 0.723. The van der Waals surface area contributed by atoms with Gasteiger partial charge in [0.2, 0.25) is 0 Å². The highest BCUT2D eigenvalue weighted by atomic mass is 16.5. The fraction of sp³-hybridized carbons (Fsp3) is 0.571. The van der Waals surface area contributed by atoms with Gasteiger partial charge in [0.15, 0.2) is 0 Å². The molecule has 0 heterocycles. The van der Waals surface area contributed by atoms with E-state index in [2.05, 4.69) is 17.2 Å². The Morgan fingerprint density at radius 2 is 1.16 bits per heavy atom. The van der Waals surface area contributed by atoms with Gasteiger partial charge in [-0.2, -0.15) is 5.11 Å². The molecule has 0 unspecified atom stereocenters. The molecule has 2 N–H and O–H groups in total. The zero-order valence-electron chi connectivity index (χ0n) is 20.1. The fourth-order valence-electron chi connectivity index (χ4n) is 3.79. The minimum absolute atomic E-state index is 0.723. The molecule has 0 spiro atoms. The number of ether oxygens (including phenoxy) is 1. The van der Waals surface area contributed by atoms with E-state index in [9.17, 15) is 0 Å². The molecule has 4 heteroatoms. The van der Waals surface area contributed by atoms with Crippen molar-refractivity contribution in [1.29, 1.82) is 0 Å². The predicted molar refractivity (Wildman–Crippen MR) is 137 cm³/mol. The number of nitrogen functional groups attached to an aromatic ring is 1. The third-order valence-corrected chi connectivity index (χ3v) is 5.79. The van der Waals surface area contributed by atoms with Crippen LogP contribution in [0.4, 0.5) is 17.1 Å². The Labute approximate surface area is 195 Å². The van der Waals surface area contributed by atoms with Crippen molar-refractivity contribution >= 4 is 17.1 Å². The van der Waals surface area contributed by atoms with Gasteiger partial charge in [-0.15, -0.1) is 5.11 Å². The van der Waals surface area contributed by atoms with Crippen molar-refractivity contribution in [3.63, 3.8) is 0 Å². The fourth-order valence-corrected chi connectivity index (χ4v) is 3.79.